The maximum atomic E-state index is 12.8. The van der Waals surface area contributed by atoms with Crippen LogP contribution < -0.4 is 10.6 Å². The molecule has 10 heteroatoms. The molecule has 2 N–H and O–H groups in total. The van der Waals surface area contributed by atoms with Crippen LogP contribution in [0.5, 0.6) is 0 Å². The molecule has 0 aliphatic carbocycles. The molecule has 1 aliphatic rings. The van der Waals surface area contributed by atoms with Crippen LogP contribution in [-0.2, 0) is 20.9 Å². The third-order valence-corrected chi connectivity index (χ3v) is 4.93. The summed E-state index contributed by atoms with van der Waals surface area (Å²) >= 11 is 0. The SMILES string of the molecule is C.C.[N-]=[N+]=Nc1ccc(/C=C(/NC(=O)c2ccc(CN3CCOCC3)cc2)C(=O)NCC=O)cc1. The van der Waals surface area contributed by atoms with Gasteiger partial charge in [0.15, 0.2) is 0 Å². The van der Waals surface area contributed by atoms with E-state index in [0.29, 0.717) is 23.1 Å². The Labute approximate surface area is 205 Å². The maximum absolute atomic E-state index is 12.8. The standard InChI is InChI=1S/C23H24N6O4.2CH4/c24-28-27-20-7-3-17(4-8-20)15-21(23(32)25-9-12-30)26-22(31)19-5-1-18(2-6-19)16-29-10-13-33-14-11-29;;/h1-8,12,15H,9-11,13-14,16H2,(H,25,32)(H,26,31);2*1H4/b21-15+;;. The number of nitrogens with one attached hydrogen (secondary N) is 2. The molecular weight excluding hydrogens is 448 g/mol. The number of morpholine rings is 1. The van der Waals surface area contributed by atoms with E-state index < -0.39 is 11.8 Å². The molecule has 0 spiro atoms. The van der Waals surface area contributed by atoms with Crippen LogP contribution in [0.4, 0.5) is 5.69 Å². The normalized spacial score (nSPS) is 13.3. The van der Waals surface area contributed by atoms with Crippen molar-refractivity contribution in [3.63, 3.8) is 0 Å². The number of amides is 2. The van der Waals surface area contributed by atoms with Gasteiger partial charge in [0.05, 0.1) is 19.8 Å². The predicted molar refractivity (Wildman–Crippen MR) is 136 cm³/mol. The number of carbonyl (C=O) groups is 3. The molecule has 2 aromatic carbocycles. The summed E-state index contributed by atoms with van der Waals surface area (Å²) in [5.74, 6) is -1.05. The lowest BCUT2D eigenvalue weighted by Crippen LogP contribution is -2.36. The van der Waals surface area contributed by atoms with Gasteiger partial charge in [-0.1, -0.05) is 56.4 Å². The molecule has 2 amide bonds. The molecule has 0 atom stereocenters. The van der Waals surface area contributed by atoms with Crippen LogP contribution >= 0.6 is 0 Å². The molecule has 3 rings (SSSR count). The van der Waals surface area contributed by atoms with Crippen molar-refractivity contribution in [1.29, 1.82) is 0 Å². The zero-order valence-electron chi connectivity index (χ0n) is 17.9. The fraction of sp³-hybridized carbons (Fsp3) is 0.320. The number of aldehydes is 1. The number of rotatable bonds is 9. The molecule has 0 radical (unpaired) electrons. The smallest absolute Gasteiger partial charge is 0.268 e. The second-order valence-corrected chi connectivity index (χ2v) is 7.26. The van der Waals surface area contributed by atoms with Gasteiger partial charge in [-0.3, -0.25) is 14.5 Å². The minimum atomic E-state index is -0.599. The second kappa shape index (κ2) is 15.0. The molecular formula is C25H32N6O4. The first-order valence-corrected chi connectivity index (χ1v) is 10.4. The van der Waals surface area contributed by atoms with E-state index in [0.717, 1.165) is 38.4 Å². The number of carbonyl (C=O) groups excluding carboxylic acids is 3. The number of ether oxygens (including phenoxy) is 1. The Hall–Kier alpha value is -3.98. The average Bonchev–Trinajstić information content (AvgIpc) is 2.84. The lowest BCUT2D eigenvalue weighted by molar-refractivity contribution is -0.119. The Morgan fingerprint density at radius 3 is 2.31 bits per heavy atom. The van der Waals surface area contributed by atoms with Crippen LogP contribution in [0.2, 0.25) is 0 Å². The Balaban J connectivity index is 0.00000306. The van der Waals surface area contributed by atoms with Gasteiger partial charge in [-0.05, 0) is 34.9 Å². The van der Waals surface area contributed by atoms with E-state index in [1.807, 2.05) is 12.1 Å². The molecule has 0 saturated carbocycles. The number of azide groups is 1. The molecule has 1 saturated heterocycles. The molecule has 10 nitrogen and oxygen atoms in total. The Kier molecular flexibility index (Phi) is 12.5. The summed E-state index contributed by atoms with van der Waals surface area (Å²) < 4.78 is 5.36. The van der Waals surface area contributed by atoms with Gasteiger partial charge in [-0.2, -0.15) is 0 Å². The van der Waals surface area contributed by atoms with Gasteiger partial charge in [-0.15, -0.1) is 0 Å². The average molecular weight is 481 g/mol. The van der Waals surface area contributed by atoms with E-state index in [2.05, 4.69) is 25.6 Å². The Morgan fingerprint density at radius 1 is 1.06 bits per heavy atom. The van der Waals surface area contributed by atoms with Crippen molar-refractivity contribution >= 4 is 29.9 Å². The molecule has 1 heterocycles. The third-order valence-electron chi connectivity index (χ3n) is 4.93. The summed E-state index contributed by atoms with van der Waals surface area (Å²) in [5, 5.41) is 8.54. The van der Waals surface area contributed by atoms with Crippen molar-refractivity contribution in [1.82, 2.24) is 15.5 Å². The van der Waals surface area contributed by atoms with Crippen LogP contribution in [0.1, 0.15) is 36.3 Å². The van der Waals surface area contributed by atoms with Gasteiger partial charge in [0.1, 0.15) is 12.0 Å². The van der Waals surface area contributed by atoms with Crippen LogP contribution in [0.3, 0.4) is 0 Å². The number of hydrogen-bond acceptors (Lipinski definition) is 6. The largest absolute Gasteiger partial charge is 0.379 e. The molecule has 2 aromatic rings. The first-order valence-electron chi connectivity index (χ1n) is 10.4. The minimum absolute atomic E-state index is 0. The molecule has 1 aliphatic heterocycles. The zero-order chi connectivity index (χ0) is 23.5. The van der Waals surface area contributed by atoms with Gasteiger partial charge in [-0.25, -0.2) is 0 Å². The van der Waals surface area contributed by atoms with Crippen LogP contribution in [0.25, 0.3) is 16.5 Å². The van der Waals surface area contributed by atoms with E-state index in [9.17, 15) is 14.4 Å². The van der Waals surface area contributed by atoms with Gasteiger partial charge in [0.2, 0.25) is 0 Å². The second-order valence-electron chi connectivity index (χ2n) is 7.26. The van der Waals surface area contributed by atoms with Gasteiger partial charge in [0, 0.05) is 35.8 Å². The lowest BCUT2D eigenvalue weighted by atomic mass is 10.1. The minimum Gasteiger partial charge on any atom is -0.379 e. The summed E-state index contributed by atoms with van der Waals surface area (Å²) in [6.07, 6.45) is 2.03. The molecule has 0 bridgehead atoms. The third kappa shape index (κ3) is 9.05. The summed E-state index contributed by atoms with van der Waals surface area (Å²) in [6.45, 7) is 3.77. The summed E-state index contributed by atoms with van der Waals surface area (Å²) in [4.78, 5) is 40.9. The van der Waals surface area contributed by atoms with Gasteiger partial charge < -0.3 is 20.2 Å². The highest BCUT2D eigenvalue weighted by Crippen LogP contribution is 2.15. The number of benzene rings is 2. The van der Waals surface area contributed by atoms with Crippen molar-refractivity contribution in [2.24, 2.45) is 5.11 Å². The van der Waals surface area contributed by atoms with E-state index in [4.69, 9.17) is 10.3 Å². The summed E-state index contributed by atoms with van der Waals surface area (Å²) in [6, 6.07) is 13.6. The topological polar surface area (TPSA) is 136 Å². The summed E-state index contributed by atoms with van der Waals surface area (Å²) in [7, 11) is 0. The van der Waals surface area contributed by atoms with Crippen molar-refractivity contribution < 1.29 is 19.1 Å². The Morgan fingerprint density at radius 2 is 1.71 bits per heavy atom. The van der Waals surface area contributed by atoms with Crippen LogP contribution in [0, 0.1) is 0 Å². The van der Waals surface area contributed by atoms with Crippen molar-refractivity contribution in [2.45, 2.75) is 21.4 Å². The fourth-order valence-electron chi connectivity index (χ4n) is 3.22. The van der Waals surface area contributed by atoms with E-state index in [-0.39, 0.29) is 27.1 Å². The van der Waals surface area contributed by atoms with Gasteiger partial charge in [0.25, 0.3) is 11.8 Å². The quantitative estimate of drug-likeness (QED) is 0.185. The number of nitrogens with zero attached hydrogens (tertiary/aromatic N) is 4. The van der Waals surface area contributed by atoms with Crippen LogP contribution in [-0.4, -0.2) is 55.8 Å². The molecule has 0 unspecified atom stereocenters. The van der Waals surface area contributed by atoms with Crippen molar-refractivity contribution in [2.75, 3.05) is 32.8 Å². The molecule has 1 fully saturated rings. The van der Waals surface area contributed by atoms with E-state index in [1.54, 1.807) is 36.4 Å². The highest BCUT2D eigenvalue weighted by molar-refractivity contribution is 6.05. The molecule has 0 aromatic heterocycles. The first-order chi connectivity index (χ1) is 16.1. The van der Waals surface area contributed by atoms with E-state index in [1.165, 1.54) is 6.08 Å². The lowest BCUT2D eigenvalue weighted by Gasteiger charge is -2.26. The maximum Gasteiger partial charge on any atom is 0.268 e. The predicted octanol–water partition coefficient (Wildman–Crippen LogP) is 3.82. The molecule has 186 valence electrons. The fourth-order valence-corrected chi connectivity index (χ4v) is 3.22. The van der Waals surface area contributed by atoms with Crippen molar-refractivity contribution in [3.05, 3.63) is 81.4 Å². The van der Waals surface area contributed by atoms with Crippen LogP contribution in [0.15, 0.2) is 59.3 Å². The monoisotopic (exact) mass is 480 g/mol. The Bertz CT molecular complexity index is 1050. The zero-order valence-corrected chi connectivity index (χ0v) is 17.9. The number of hydrogen-bond donors (Lipinski definition) is 2. The highest BCUT2D eigenvalue weighted by Gasteiger charge is 2.15. The van der Waals surface area contributed by atoms with Crippen molar-refractivity contribution in [3.8, 4) is 0 Å². The molecule has 35 heavy (non-hydrogen) atoms. The van der Waals surface area contributed by atoms with Gasteiger partial charge >= 0.3 is 0 Å². The highest BCUT2D eigenvalue weighted by atomic mass is 16.5. The first kappa shape index (κ1) is 29.1. The van der Waals surface area contributed by atoms with E-state index >= 15 is 0 Å². The summed E-state index contributed by atoms with van der Waals surface area (Å²) in [5.41, 5.74) is 11.0.